The lowest BCUT2D eigenvalue weighted by Gasteiger charge is -1.92. The van der Waals surface area contributed by atoms with Gasteiger partial charge in [0.1, 0.15) is 6.29 Å². The Labute approximate surface area is 56.1 Å². The topological polar surface area (TPSA) is 17.1 Å². The van der Waals surface area contributed by atoms with Gasteiger partial charge in [0, 0.05) is 5.92 Å². The van der Waals surface area contributed by atoms with E-state index in [1.165, 1.54) is 0 Å². The molecular weight excluding hydrogens is 112 g/mol. The highest BCUT2D eigenvalue weighted by atomic mass is 16.1. The highest BCUT2D eigenvalue weighted by molar-refractivity contribution is 5.52. The second-order valence-corrected chi connectivity index (χ2v) is 2.01. The zero-order valence-corrected chi connectivity index (χ0v) is 5.71. The van der Waals surface area contributed by atoms with Gasteiger partial charge in [0.2, 0.25) is 0 Å². The molecule has 0 heterocycles. The molecule has 0 aliphatic carbocycles. The van der Waals surface area contributed by atoms with E-state index in [0.29, 0.717) is 0 Å². The molecule has 1 unspecified atom stereocenters. The Kier molecular flexibility index (Phi) is 4.79. The van der Waals surface area contributed by atoms with Gasteiger partial charge in [-0.05, 0) is 6.42 Å². The molecular formula is C8H12O. The molecule has 0 fully saturated rings. The molecule has 1 heteroatoms. The van der Waals surface area contributed by atoms with Crippen LogP contribution in [0, 0.1) is 5.92 Å². The van der Waals surface area contributed by atoms with Crippen LogP contribution in [-0.2, 0) is 4.79 Å². The summed E-state index contributed by atoms with van der Waals surface area (Å²) in [5, 5.41) is 0. The molecule has 0 bridgehead atoms. The number of carbonyl (C=O) groups excluding carboxylic acids is 1. The maximum atomic E-state index is 10.0. The average Bonchev–Trinajstić information content (AvgIpc) is 1.89. The van der Waals surface area contributed by atoms with Crippen LogP contribution in [-0.4, -0.2) is 6.29 Å². The molecule has 0 saturated heterocycles. The van der Waals surface area contributed by atoms with Gasteiger partial charge in [0.05, 0.1) is 0 Å². The van der Waals surface area contributed by atoms with E-state index in [0.717, 1.165) is 12.7 Å². The maximum absolute atomic E-state index is 10.0. The van der Waals surface area contributed by atoms with Crippen molar-refractivity contribution in [1.82, 2.24) is 0 Å². The van der Waals surface area contributed by atoms with E-state index >= 15 is 0 Å². The molecule has 50 valence electrons. The first-order valence-electron chi connectivity index (χ1n) is 3.04. The first-order valence-corrected chi connectivity index (χ1v) is 3.04. The van der Waals surface area contributed by atoms with Gasteiger partial charge in [-0.1, -0.05) is 31.7 Å². The van der Waals surface area contributed by atoms with Crippen LogP contribution in [0.3, 0.4) is 0 Å². The van der Waals surface area contributed by atoms with Gasteiger partial charge in [-0.15, -0.1) is 0 Å². The number of rotatable bonds is 4. The van der Waals surface area contributed by atoms with Crippen molar-refractivity contribution < 1.29 is 4.79 Å². The lowest BCUT2D eigenvalue weighted by molar-refractivity contribution is -0.110. The van der Waals surface area contributed by atoms with E-state index in [2.05, 4.69) is 6.58 Å². The van der Waals surface area contributed by atoms with Gasteiger partial charge in [-0.3, -0.25) is 0 Å². The largest absolute Gasteiger partial charge is 0.303 e. The van der Waals surface area contributed by atoms with E-state index < -0.39 is 0 Å². The molecule has 9 heavy (non-hydrogen) atoms. The first-order chi connectivity index (χ1) is 4.31. The molecule has 1 atom stereocenters. The van der Waals surface area contributed by atoms with Crippen LogP contribution in [0.1, 0.15) is 13.3 Å². The minimum absolute atomic E-state index is 0.140. The lowest BCUT2D eigenvalue weighted by atomic mass is 10.1. The van der Waals surface area contributed by atoms with Crippen LogP contribution in [0.4, 0.5) is 0 Å². The maximum Gasteiger partial charge on any atom is 0.123 e. The number of aldehydes is 1. The summed E-state index contributed by atoms with van der Waals surface area (Å²) in [6.07, 6.45) is 7.26. The predicted molar refractivity (Wildman–Crippen MR) is 39.2 cm³/mol. The quantitative estimate of drug-likeness (QED) is 0.413. The van der Waals surface area contributed by atoms with Crippen LogP contribution in [0.5, 0.6) is 0 Å². The molecule has 0 radical (unpaired) electrons. The smallest absolute Gasteiger partial charge is 0.123 e. The van der Waals surface area contributed by atoms with Crippen LogP contribution < -0.4 is 0 Å². The number of allylic oxidation sites excluding steroid dienone is 3. The molecule has 0 aliphatic rings. The van der Waals surface area contributed by atoms with Gasteiger partial charge >= 0.3 is 0 Å². The van der Waals surface area contributed by atoms with Crippen molar-refractivity contribution in [2.24, 2.45) is 5.92 Å². The Morgan fingerprint density at radius 2 is 2.33 bits per heavy atom. The molecule has 0 spiro atoms. The van der Waals surface area contributed by atoms with Gasteiger partial charge in [-0.25, -0.2) is 0 Å². The van der Waals surface area contributed by atoms with Crippen molar-refractivity contribution >= 4 is 6.29 Å². The van der Waals surface area contributed by atoms with Crippen LogP contribution in [0.2, 0.25) is 0 Å². The average molecular weight is 124 g/mol. The van der Waals surface area contributed by atoms with Gasteiger partial charge in [0.15, 0.2) is 0 Å². The number of carbonyl (C=O) groups is 1. The van der Waals surface area contributed by atoms with E-state index in [4.69, 9.17) is 0 Å². The summed E-state index contributed by atoms with van der Waals surface area (Å²) in [6, 6.07) is 0. The van der Waals surface area contributed by atoms with E-state index in [1.807, 2.05) is 19.1 Å². The Balaban J connectivity index is 3.36. The fourth-order valence-corrected chi connectivity index (χ4v) is 0.445. The zero-order valence-electron chi connectivity index (χ0n) is 5.71. The Bertz CT molecular complexity index is 114. The van der Waals surface area contributed by atoms with Crippen LogP contribution in [0.25, 0.3) is 0 Å². The second kappa shape index (κ2) is 5.29. The van der Waals surface area contributed by atoms with E-state index in [-0.39, 0.29) is 5.92 Å². The second-order valence-electron chi connectivity index (χ2n) is 2.01. The van der Waals surface area contributed by atoms with Gasteiger partial charge in [0.25, 0.3) is 0 Å². The summed E-state index contributed by atoms with van der Waals surface area (Å²) in [5.41, 5.74) is 0. The minimum Gasteiger partial charge on any atom is -0.303 e. The monoisotopic (exact) mass is 124 g/mol. The number of hydrogen-bond donors (Lipinski definition) is 0. The van der Waals surface area contributed by atoms with E-state index in [9.17, 15) is 4.79 Å². The van der Waals surface area contributed by atoms with Crippen LogP contribution >= 0.6 is 0 Å². The normalized spacial score (nSPS) is 13.4. The summed E-state index contributed by atoms with van der Waals surface area (Å²) in [6.45, 7) is 5.40. The predicted octanol–water partition coefficient (Wildman–Crippen LogP) is 1.95. The number of hydrogen-bond acceptors (Lipinski definition) is 1. The van der Waals surface area contributed by atoms with E-state index in [1.54, 1.807) is 6.08 Å². The van der Waals surface area contributed by atoms with Crippen molar-refractivity contribution in [2.75, 3.05) is 0 Å². The Morgan fingerprint density at radius 1 is 1.67 bits per heavy atom. The minimum atomic E-state index is 0.140. The summed E-state index contributed by atoms with van der Waals surface area (Å²) >= 11 is 0. The molecule has 0 aromatic heterocycles. The SMILES string of the molecule is C=C/C=C\CC(C)C=O. The van der Waals surface area contributed by atoms with Crippen molar-refractivity contribution in [1.29, 1.82) is 0 Å². The Morgan fingerprint density at radius 3 is 2.78 bits per heavy atom. The van der Waals surface area contributed by atoms with Crippen molar-refractivity contribution in [3.05, 3.63) is 24.8 Å². The molecule has 1 nitrogen and oxygen atoms in total. The fourth-order valence-electron chi connectivity index (χ4n) is 0.445. The van der Waals surface area contributed by atoms with Gasteiger partial charge < -0.3 is 4.79 Å². The highest BCUT2D eigenvalue weighted by Crippen LogP contribution is 1.97. The third-order valence-corrected chi connectivity index (χ3v) is 1.01. The van der Waals surface area contributed by atoms with Gasteiger partial charge in [-0.2, -0.15) is 0 Å². The molecule has 0 amide bonds. The molecule has 0 aromatic carbocycles. The van der Waals surface area contributed by atoms with Crippen molar-refractivity contribution in [2.45, 2.75) is 13.3 Å². The van der Waals surface area contributed by atoms with Crippen LogP contribution in [0.15, 0.2) is 24.8 Å². The third kappa shape index (κ3) is 5.01. The zero-order chi connectivity index (χ0) is 7.11. The molecule has 0 saturated carbocycles. The molecule has 0 rings (SSSR count). The summed E-state index contributed by atoms with van der Waals surface area (Å²) in [5.74, 6) is 0.140. The standard InChI is InChI=1S/C8H12O/c1-3-4-5-6-8(2)7-9/h3-5,7-8H,1,6H2,2H3/b5-4-. The summed E-state index contributed by atoms with van der Waals surface area (Å²) in [7, 11) is 0. The van der Waals surface area contributed by atoms with Crippen molar-refractivity contribution in [3.63, 3.8) is 0 Å². The fraction of sp³-hybridized carbons (Fsp3) is 0.375. The summed E-state index contributed by atoms with van der Waals surface area (Å²) < 4.78 is 0. The third-order valence-electron chi connectivity index (χ3n) is 1.01. The molecule has 0 aromatic rings. The highest BCUT2D eigenvalue weighted by Gasteiger charge is 1.92. The lowest BCUT2D eigenvalue weighted by Crippen LogP contribution is -1.91. The Hall–Kier alpha value is -0.850. The molecule has 0 aliphatic heterocycles. The summed E-state index contributed by atoms with van der Waals surface area (Å²) in [4.78, 5) is 10.0. The molecule has 0 N–H and O–H groups in total. The van der Waals surface area contributed by atoms with Crippen molar-refractivity contribution in [3.8, 4) is 0 Å². The first kappa shape index (κ1) is 8.15.